The van der Waals surface area contributed by atoms with E-state index in [0.29, 0.717) is 35.9 Å². The molecule has 1 aliphatic rings. The number of nitrogens with zero attached hydrogens (tertiary/aromatic N) is 3. The number of hydrogen-bond acceptors (Lipinski definition) is 7. The lowest BCUT2D eigenvalue weighted by molar-refractivity contribution is 0.0949. The molecule has 34 heavy (non-hydrogen) atoms. The van der Waals surface area contributed by atoms with Crippen LogP contribution in [0, 0.1) is 16.7 Å². The summed E-state index contributed by atoms with van der Waals surface area (Å²) in [6.45, 7) is 8.43. The Morgan fingerprint density at radius 2 is 1.97 bits per heavy atom. The molecule has 1 aromatic carbocycles. The zero-order valence-corrected chi connectivity index (χ0v) is 20.1. The molecule has 0 radical (unpaired) electrons. The van der Waals surface area contributed by atoms with Crippen LogP contribution < -0.4 is 14.8 Å². The highest BCUT2D eigenvalue weighted by atomic mass is 16.5. The maximum atomic E-state index is 13.2. The van der Waals surface area contributed by atoms with Gasteiger partial charge in [-0.3, -0.25) is 15.0 Å². The van der Waals surface area contributed by atoms with Crippen molar-refractivity contribution < 1.29 is 19.1 Å². The van der Waals surface area contributed by atoms with Gasteiger partial charge in [-0.25, -0.2) is 4.98 Å². The van der Waals surface area contributed by atoms with E-state index < -0.39 is 5.91 Å². The quantitative estimate of drug-likeness (QED) is 0.576. The molecule has 0 atom stereocenters. The maximum Gasteiger partial charge on any atom is 0.273 e. The van der Waals surface area contributed by atoms with E-state index in [0.717, 1.165) is 11.1 Å². The first-order valence-corrected chi connectivity index (χ1v) is 11.0. The molecule has 0 spiro atoms. The topological polar surface area (TPSA) is 128 Å². The van der Waals surface area contributed by atoms with Crippen LogP contribution in [-0.2, 0) is 12.0 Å². The summed E-state index contributed by atoms with van der Waals surface area (Å²) < 4.78 is 11.1. The molecule has 9 heteroatoms. The van der Waals surface area contributed by atoms with E-state index in [1.54, 1.807) is 29.2 Å². The Morgan fingerprint density at radius 1 is 1.24 bits per heavy atom. The summed E-state index contributed by atoms with van der Waals surface area (Å²) in [4.78, 5) is 31.4. The van der Waals surface area contributed by atoms with Crippen molar-refractivity contribution in [3.05, 3.63) is 52.3 Å². The first-order valence-electron chi connectivity index (χ1n) is 11.0. The van der Waals surface area contributed by atoms with E-state index in [1.807, 2.05) is 33.8 Å². The van der Waals surface area contributed by atoms with Crippen molar-refractivity contribution in [1.29, 1.82) is 10.7 Å². The first kappa shape index (κ1) is 24.7. The van der Waals surface area contributed by atoms with Crippen LogP contribution in [0.3, 0.4) is 0 Å². The lowest BCUT2D eigenvalue weighted by Crippen LogP contribution is -2.31. The molecule has 2 N–H and O–H groups in total. The van der Waals surface area contributed by atoms with Gasteiger partial charge in [0.1, 0.15) is 23.3 Å². The fourth-order valence-corrected chi connectivity index (χ4v) is 3.77. The Labute approximate surface area is 199 Å². The molecular weight excluding hydrogens is 434 g/mol. The van der Waals surface area contributed by atoms with Crippen LogP contribution in [0.5, 0.6) is 11.5 Å². The predicted molar refractivity (Wildman–Crippen MR) is 127 cm³/mol. The van der Waals surface area contributed by atoms with Gasteiger partial charge in [0.25, 0.3) is 5.91 Å². The third-order valence-corrected chi connectivity index (χ3v) is 5.45. The van der Waals surface area contributed by atoms with E-state index in [-0.39, 0.29) is 35.9 Å². The van der Waals surface area contributed by atoms with E-state index in [1.165, 1.54) is 7.05 Å². The van der Waals surface area contributed by atoms with Crippen LogP contribution >= 0.6 is 0 Å². The van der Waals surface area contributed by atoms with E-state index in [4.69, 9.17) is 20.1 Å². The lowest BCUT2D eigenvalue weighted by Gasteiger charge is -2.23. The maximum absolute atomic E-state index is 13.2. The van der Waals surface area contributed by atoms with Gasteiger partial charge in [-0.05, 0) is 36.6 Å². The second-order valence-electron chi connectivity index (χ2n) is 8.89. The molecule has 0 fully saturated rings. The highest BCUT2D eigenvalue weighted by molar-refractivity contribution is 6.05. The Balaban J connectivity index is 1.86. The van der Waals surface area contributed by atoms with Crippen LogP contribution in [0.2, 0.25) is 0 Å². The summed E-state index contributed by atoms with van der Waals surface area (Å²) >= 11 is 0. The van der Waals surface area contributed by atoms with Crippen molar-refractivity contribution in [2.24, 2.45) is 0 Å². The number of benzene rings is 1. The third-order valence-electron chi connectivity index (χ3n) is 5.45. The van der Waals surface area contributed by atoms with Crippen molar-refractivity contribution >= 4 is 17.5 Å². The molecule has 9 nitrogen and oxygen atoms in total. The summed E-state index contributed by atoms with van der Waals surface area (Å²) in [6, 6.07) is 8.85. The minimum atomic E-state index is -0.401. The average molecular weight is 464 g/mol. The van der Waals surface area contributed by atoms with Gasteiger partial charge < -0.3 is 19.7 Å². The smallest absolute Gasteiger partial charge is 0.273 e. The Morgan fingerprint density at radius 3 is 2.59 bits per heavy atom. The zero-order valence-electron chi connectivity index (χ0n) is 20.1. The highest BCUT2D eigenvalue weighted by Gasteiger charge is 2.31. The second-order valence-corrected chi connectivity index (χ2v) is 8.89. The molecule has 2 heterocycles. The molecule has 0 saturated carbocycles. The van der Waals surface area contributed by atoms with Gasteiger partial charge in [-0.1, -0.05) is 20.8 Å². The van der Waals surface area contributed by atoms with E-state index in [9.17, 15) is 9.59 Å². The number of aromatic nitrogens is 1. The largest absolute Gasteiger partial charge is 0.491 e. The van der Waals surface area contributed by atoms with Gasteiger partial charge in [-0.15, -0.1) is 0 Å². The van der Waals surface area contributed by atoms with Crippen molar-refractivity contribution in [1.82, 2.24) is 15.2 Å². The summed E-state index contributed by atoms with van der Waals surface area (Å²) in [5.41, 5.74) is 2.23. The summed E-state index contributed by atoms with van der Waals surface area (Å²) in [7, 11) is 1.51. The number of carbonyl (C=O) groups is 2. The summed E-state index contributed by atoms with van der Waals surface area (Å²) in [6.07, 6.45) is 0. The van der Waals surface area contributed by atoms with Crippen molar-refractivity contribution in [2.75, 3.05) is 26.8 Å². The molecule has 1 amide bonds. The van der Waals surface area contributed by atoms with Crippen LogP contribution in [0.1, 0.15) is 65.4 Å². The van der Waals surface area contributed by atoms with E-state index >= 15 is 0 Å². The Kier molecular flexibility index (Phi) is 7.20. The number of carbonyl (C=O) groups excluding carboxylic acids is 2. The van der Waals surface area contributed by atoms with Gasteiger partial charge in [0.15, 0.2) is 23.8 Å². The van der Waals surface area contributed by atoms with Crippen molar-refractivity contribution in [2.45, 2.75) is 39.7 Å². The number of ether oxygens (including phenoxy) is 2. The number of fused-ring (bicyclic) bond motifs is 1. The van der Waals surface area contributed by atoms with Crippen LogP contribution in [-0.4, -0.2) is 54.2 Å². The van der Waals surface area contributed by atoms with Gasteiger partial charge in [-0.2, -0.15) is 5.26 Å². The molecule has 1 aliphatic heterocycles. The number of pyridine rings is 1. The molecule has 0 saturated heterocycles. The van der Waals surface area contributed by atoms with Crippen LogP contribution in [0.4, 0.5) is 0 Å². The van der Waals surface area contributed by atoms with Gasteiger partial charge in [0, 0.05) is 30.3 Å². The van der Waals surface area contributed by atoms with Crippen LogP contribution in [0.25, 0.3) is 0 Å². The SMILES string of the molecule is CCOc1cc2c(nc1C(=O)NC)C(=N)N(CC(=O)c1ccc(OCC#N)c(C(C)(C)C)c1)C2. The fourth-order valence-electron chi connectivity index (χ4n) is 3.77. The van der Waals surface area contributed by atoms with E-state index in [2.05, 4.69) is 10.3 Å². The Bertz CT molecular complexity index is 1180. The molecule has 1 aromatic heterocycles. The molecule has 3 rings (SSSR count). The molecular formula is C25H29N5O4. The zero-order chi connectivity index (χ0) is 25.0. The average Bonchev–Trinajstić information content (AvgIpc) is 3.10. The normalized spacial score (nSPS) is 12.7. The molecule has 0 unspecified atom stereocenters. The number of hydrogen-bond donors (Lipinski definition) is 2. The minimum Gasteiger partial charge on any atom is -0.491 e. The highest BCUT2D eigenvalue weighted by Crippen LogP contribution is 2.33. The summed E-state index contributed by atoms with van der Waals surface area (Å²) in [5.74, 6) is 0.445. The number of Topliss-reactive ketones (excluding diaryl/α,β-unsaturated/α-hetero) is 1. The molecule has 0 bridgehead atoms. The number of nitriles is 1. The number of amidine groups is 1. The number of nitrogens with one attached hydrogen (secondary N) is 2. The Hall–Kier alpha value is -3.93. The second kappa shape index (κ2) is 9.91. The van der Waals surface area contributed by atoms with Gasteiger partial charge in [0.05, 0.1) is 13.2 Å². The van der Waals surface area contributed by atoms with Gasteiger partial charge in [0.2, 0.25) is 0 Å². The monoisotopic (exact) mass is 463 g/mol. The standard InChI is InChI=1S/C25H29N5O4/c1-6-33-20-12-16-13-30(23(27)21(16)29-22(20)24(32)28-5)14-18(31)15-7-8-19(34-10-9-26)17(11-15)25(2,3)4/h7-8,11-12,27H,6,10,13-14H2,1-5H3,(H,28,32). The van der Waals surface area contributed by atoms with Crippen LogP contribution in [0.15, 0.2) is 24.3 Å². The molecule has 2 aromatic rings. The van der Waals surface area contributed by atoms with Gasteiger partial charge >= 0.3 is 0 Å². The number of rotatable bonds is 8. The third kappa shape index (κ3) is 5.01. The minimum absolute atomic E-state index is 0.0174. The number of amides is 1. The fraction of sp³-hybridized carbons (Fsp3) is 0.400. The van der Waals surface area contributed by atoms with Crippen molar-refractivity contribution in [3.8, 4) is 17.6 Å². The summed E-state index contributed by atoms with van der Waals surface area (Å²) in [5, 5.41) is 19.9. The molecule has 178 valence electrons. The van der Waals surface area contributed by atoms with Crippen molar-refractivity contribution in [3.63, 3.8) is 0 Å². The lowest BCUT2D eigenvalue weighted by atomic mass is 9.85. The predicted octanol–water partition coefficient (Wildman–Crippen LogP) is 3.06. The molecule has 0 aliphatic carbocycles. The number of ketones is 1. The first-order chi connectivity index (χ1) is 16.1.